The van der Waals surface area contributed by atoms with Crippen molar-refractivity contribution in [2.45, 2.75) is 77.0 Å². The summed E-state index contributed by atoms with van der Waals surface area (Å²) in [6.07, 6.45) is 13.4. The molecule has 0 aliphatic heterocycles. The Morgan fingerprint density at radius 3 is 2.59 bits per heavy atom. The van der Waals surface area contributed by atoms with E-state index in [0.29, 0.717) is 42.5 Å². The molecule has 182 valence electrons. The summed E-state index contributed by atoms with van der Waals surface area (Å²) in [7, 11) is 4.21. The number of allylic oxidation sites excluding steroid dienone is 4. The van der Waals surface area contributed by atoms with Crippen LogP contribution in [-0.2, 0) is 4.79 Å². The lowest BCUT2D eigenvalue weighted by atomic mass is 9.47. The molecule has 0 bridgehead atoms. The second-order valence-corrected chi connectivity index (χ2v) is 12.5. The fourth-order valence-electron chi connectivity index (χ4n) is 9.42. The standard InChI is InChI=1S/C31H41NO2/c1-30-18-27(20-7-10-23(11-8-20)32(2)3)29-25-14-12-24(34)16-21(25)9-13-26(29)28(30)17-22-6-4-5-15-31(22,30)19-33/h7-8,10-11,16,22,26-28,33H,4-6,9,12-15,17-19H2,1-3H3/t22-,26?,27?,28?,30?,31+/m1/s1. The van der Waals surface area contributed by atoms with E-state index >= 15 is 0 Å². The van der Waals surface area contributed by atoms with Gasteiger partial charge in [0.05, 0.1) is 0 Å². The molecule has 1 N–H and O–H groups in total. The van der Waals surface area contributed by atoms with Gasteiger partial charge in [0, 0.05) is 44.1 Å². The van der Waals surface area contributed by atoms with E-state index in [1.807, 2.05) is 6.08 Å². The number of aliphatic hydroxyl groups excluding tert-OH is 1. The third-order valence-corrected chi connectivity index (χ3v) is 11.1. The van der Waals surface area contributed by atoms with Crippen LogP contribution in [0.4, 0.5) is 5.69 Å². The molecule has 3 heteroatoms. The number of carbonyl (C=O) groups is 1. The number of hydrogen-bond donors (Lipinski definition) is 1. The van der Waals surface area contributed by atoms with Crippen molar-refractivity contribution in [1.82, 2.24) is 0 Å². The van der Waals surface area contributed by atoms with E-state index in [1.165, 1.54) is 60.9 Å². The molecule has 6 atom stereocenters. The van der Waals surface area contributed by atoms with Gasteiger partial charge >= 0.3 is 0 Å². The van der Waals surface area contributed by atoms with Crippen LogP contribution in [0.25, 0.3) is 0 Å². The molecule has 1 aromatic rings. The third kappa shape index (κ3) is 3.08. The van der Waals surface area contributed by atoms with E-state index in [9.17, 15) is 9.90 Å². The first-order valence-corrected chi connectivity index (χ1v) is 13.7. The summed E-state index contributed by atoms with van der Waals surface area (Å²) >= 11 is 0. The van der Waals surface area contributed by atoms with E-state index in [0.717, 1.165) is 19.3 Å². The summed E-state index contributed by atoms with van der Waals surface area (Å²) in [6.45, 7) is 2.92. The SMILES string of the molecule is CN(C)c1ccc(C2CC3(C)C(C[C@H]4CCCC[C@]43CO)C3CCC4=CC(=O)CCC4=C23)cc1. The Hall–Kier alpha value is -1.87. The Morgan fingerprint density at radius 1 is 1.06 bits per heavy atom. The molecule has 0 heterocycles. The highest BCUT2D eigenvalue weighted by Gasteiger charge is 2.66. The van der Waals surface area contributed by atoms with Gasteiger partial charge in [-0.2, -0.15) is 0 Å². The highest BCUT2D eigenvalue weighted by molar-refractivity contribution is 5.93. The molecule has 6 rings (SSSR count). The molecule has 0 radical (unpaired) electrons. The zero-order chi connectivity index (χ0) is 23.7. The maximum absolute atomic E-state index is 12.3. The smallest absolute Gasteiger partial charge is 0.156 e. The number of hydrogen-bond acceptors (Lipinski definition) is 3. The molecule has 3 saturated carbocycles. The molecule has 5 aliphatic carbocycles. The van der Waals surface area contributed by atoms with Crippen LogP contribution in [0, 0.1) is 28.6 Å². The van der Waals surface area contributed by atoms with Crippen LogP contribution in [0.1, 0.15) is 82.6 Å². The molecule has 0 saturated heterocycles. The van der Waals surface area contributed by atoms with E-state index in [-0.39, 0.29) is 10.8 Å². The van der Waals surface area contributed by atoms with Crippen LogP contribution in [0.3, 0.4) is 0 Å². The lowest BCUT2D eigenvalue weighted by Gasteiger charge is -2.57. The molecule has 3 nitrogen and oxygen atoms in total. The predicted octanol–water partition coefficient (Wildman–Crippen LogP) is 6.43. The predicted molar refractivity (Wildman–Crippen MR) is 138 cm³/mol. The summed E-state index contributed by atoms with van der Waals surface area (Å²) in [5, 5.41) is 11.0. The molecular weight excluding hydrogens is 418 g/mol. The third-order valence-electron chi connectivity index (χ3n) is 11.1. The molecular formula is C31H41NO2. The number of ketones is 1. The maximum atomic E-state index is 12.3. The fraction of sp³-hybridized carbons (Fsp3) is 0.645. The number of carbonyl (C=O) groups excluding carboxylic acids is 1. The van der Waals surface area contributed by atoms with Crippen molar-refractivity contribution < 1.29 is 9.90 Å². The summed E-state index contributed by atoms with van der Waals surface area (Å²) in [5.41, 5.74) is 7.50. The van der Waals surface area contributed by atoms with E-state index in [2.05, 4.69) is 50.2 Å². The molecule has 5 aliphatic rings. The first-order chi connectivity index (χ1) is 16.4. The van der Waals surface area contributed by atoms with Crippen LogP contribution < -0.4 is 4.90 Å². The zero-order valence-electron chi connectivity index (χ0n) is 21.3. The van der Waals surface area contributed by atoms with Gasteiger partial charge in [0.15, 0.2) is 5.78 Å². The van der Waals surface area contributed by atoms with Crippen molar-refractivity contribution in [2.75, 3.05) is 25.6 Å². The van der Waals surface area contributed by atoms with E-state index < -0.39 is 0 Å². The van der Waals surface area contributed by atoms with Crippen molar-refractivity contribution in [3.63, 3.8) is 0 Å². The molecule has 0 spiro atoms. The highest BCUT2D eigenvalue weighted by Crippen LogP contribution is 2.73. The van der Waals surface area contributed by atoms with Crippen LogP contribution in [0.15, 0.2) is 47.1 Å². The van der Waals surface area contributed by atoms with E-state index in [1.54, 1.807) is 5.57 Å². The van der Waals surface area contributed by atoms with Gasteiger partial charge in [-0.1, -0.05) is 37.5 Å². The average molecular weight is 460 g/mol. The number of rotatable bonds is 3. The Morgan fingerprint density at radius 2 is 1.85 bits per heavy atom. The topological polar surface area (TPSA) is 40.5 Å². The van der Waals surface area contributed by atoms with Crippen molar-refractivity contribution in [2.24, 2.45) is 28.6 Å². The zero-order valence-corrected chi connectivity index (χ0v) is 21.3. The Balaban J connectivity index is 1.51. The largest absolute Gasteiger partial charge is 0.396 e. The Labute approximate surface area is 205 Å². The van der Waals surface area contributed by atoms with Gasteiger partial charge < -0.3 is 10.0 Å². The Bertz CT molecular complexity index is 1050. The maximum Gasteiger partial charge on any atom is 0.156 e. The number of aliphatic hydroxyl groups is 1. The van der Waals surface area contributed by atoms with Gasteiger partial charge in [-0.25, -0.2) is 0 Å². The summed E-state index contributed by atoms with van der Waals surface area (Å²) < 4.78 is 0. The van der Waals surface area contributed by atoms with Gasteiger partial charge in [-0.15, -0.1) is 0 Å². The second kappa shape index (κ2) is 8.08. The van der Waals surface area contributed by atoms with Gasteiger partial charge in [-0.05, 0) is 103 Å². The number of fused-ring (bicyclic) bond motifs is 6. The van der Waals surface area contributed by atoms with E-state index in [4.69, 9.17) is 0 Å². The molecule has 0 amide bonds. The van der Waals surface area contributed by atoms with Gasteiger partial charge in [0.1, 0.15) is 0 Å². The number of anilines is 1. The van der Waals surface area contributed by atoms with Crippen molar-refractivity contribution in [3.05, 3.63) is 52.6 Å². The summed E-state index contributed by atoms with van der Waals surface area (Å²) in [6, 6.07) is 9.26. The monoisotopic (exact) mass is 459 g/mol. The molecule has 4 unspecified atom stereocenters. The quantitative estimate of drug-likeness (QED) is 0.566. The van der Waals surface area contributed by atoms with Crippen molar-refractivity contribution >= 4 is 11.5 Å². The van der Waals surface area contributed by atoms with Gasteiger partial charge in [0.2, 0.25) is 0 Å². The normalized spacial score (nSPS) is 39.1. The number of nitrogens with zero attached hydrogens (tertiary/aromatic N) is 1. The average Bonchev–Trinajstić information content (AvgIpc) is 3.12. The Kier molecular flexibility index (Phi) is 5.37. The second-order valence-electron chi connectivity index (χ2n) is 12.5. The minimum absolute atomic E-state index is 0.0899. The van der Waals surface area contributed by atoms with Crippen LogP contribution in [0.5, 0.6) is 0 Å². The van der Waals surface area contributed by atoms with Gasteiger partial charge in [-0.3, -0.25) is 4.79 Å². The molecule has 1 aromatic carbocycles. The van der Waals surface area contributed by atoms with Crippen LogP contribution in [0.2, 0.25) is 0 Å². The molecule has 34 heavy (non-hydrogen) atoms. The van der Waals surface area contributed by atoms with Crippen LogP contribution >= 0.6 is 0 Å². The fourth-order valence-corrected chi connectivity index (χ4v) is 9.42. The summed E-state index contributed by atoms with van der Waals surface area (Å²) in [5.74, 6) is 2.66. The number of benzene rings is 1. The minimum Gasteiger partial charge on any atom is -0.396 e. The first kappa shape index (κ1) is 22.6. The lowest BCUT2D eigenvalue weighted by Crippen LogP contribution is -2.51. The minimum atomic E-state index is 0.0899. The highest BCUT2D eigenvalue weighted by atomic mass is 16.3. The van der Waals surface area contributed by atoms with Crippen molar-refractivity contribution in [1.29, 1.82) is 0 Å². The van der Waals surface area contributed by atoms with Gasteiger partial charge in [0.25, 0.3) is 0 Å². The lowest BCUT2D eigenvalue weighted by molar-refractivity contribution is -0.114. The molecule has 3 fully saturated rings. The molecule has 0 aromatic heterocycles. The van der Waals surface area contributed by atoms with Crippen LogP contribution in [-0.4, -0.2) is 31.6 Å². The summed E-state index contributed by atoms with van der Waals surface area (Å²) in [4.78, 5) is 14.5. The first-order valence-electron chi connectivity index (χ1n) is 13.7. The van der Waals surface area contributed by atoms with Crippen molar-refractivity contribution in [3.8, 4) is 0 Å².